The number of hydrogen-bond acceptors (Lipinski definition) is 1. The number of hydrogen-bond donors (Lipinski definition) is 0. The maximum atomic E-state index is 14.1. The predicted octanol–water partition coefficient (Wildman–Crippen LogP) is 6.29. The van der Waals surface area contributed by atoms with Gasteiger partial charge in [0.15, 0.2) is 0 Å². The maximum Gasteiger partial charge on any atom is 0.201 e. The number of carbonyl (C=O) groups excluding carboxylic acids is 1. The van der Waals surface area contributed by atoms with Crippen LogP contribution in [-0.2, 0) is 10.7 Å². The van der Waals surface area contributed by atoms with Crippen molar-refractivity contribution in [2.75, 3.05) is 0 Å². The third-order valence-electron chi connectivity index (χ3n) is 3.08. The second kappa shape index (κ2) is 7.39. The highest BCUT2D eigenvalue weighted by atomic mass is 79.9. The molecule has 0 heterocycles. The van der Waals surface area contributed by atoms with E-state index >= 15 is 0 Å². The molecule has 7 heteroatoms. The molecule has 0 aliphatic rings. The second-order valence-corrected chi connectivity index (χ2v) is 6.26. The van der Waals surface area contributed by atoms with Crippen LogP contribution in [-0.4, -0.2) is 5.78 Å². The summed E-state index contributed by atoms with van der Waals surface area (Å²) in [5.41, 5.74) is 0.288. The Morgan fingerprint density at radius 2 is 1.23 bits per heavy atom. The van der Waals surface area contributed by atoms with Gasteiger partial charge in [0.25, 0.3) is 0 Å². The Kier molecular flexibility index (Phi) is 6.00. The molecule has 0 aromatic heterocycles. The lowest BCUT2D eigenvalue weighted by molar-refractivity contribution is 0.103. The second-order valence-electron chi connectivity index (χ2n) is 4.39. The van der Waals surface area contributed by atoms with Gasteiger partial charge in [0, 0.05) is 10.7 Å². The zero-order valence-electron chi connectivity index (χ0n) is 10.9. The lowest BCUT2D eigenvalue weighted by Crippen LogP contribution is -2.10. The number of alkyl halides is 2. The summed E-state index contributed by atoms with van der Waals surface area (Å²) in [6.07, 6.45) is 0. The molecule has 0 amide bonds. The summed E-state index contributed by atoms with van der Waals surface area (Å²) in [6.45, 7) is 0. The van der Waals surface area contributed by atoms with Crippen LogP contribution in [0.5, 0.6) is 0 Å². The molecule has 0 bridgehead atoms. The van der Waals surface area contributed by atoms with Gasteiger partial charge in [-0.1, -0.05) is 67.2 Å². The van der Waals surface area contributed by atoms with E-state index in [2.05, 4.69) is 31.9 Å². The normalized spacial score (nSPS) is 10.8. The van der Waals surface area contributed by atoms with E-state index < -0.39 is 17.4 Å². The molecule has 2 aromatic carbocycles. The fourth-order valence-corrected chi connectivity index (χ4v) is 3.81. The fourth-order valence-electron chi connectivity index (χ4n) is 1.94. The molecule has 0 saturated carbocycles. The van der Waals surface area contributed by atoms with Crippen LogP contribution in [0.3, 0.4) is 0 Å². The highest BCUT2D eigenvalue weighted by molar-refractivity contribution is 9.08. The van der Waals surface area contributed by atoms with Gasteiger partial charge in [-0.15, -0.1) is 0 Å². The summed E-state index contributed by atoms with van der Waals surface area (Å²) in [5, 5.41) is 0.567. The Hall–Kier alpha value is -0.490. The summed E-state index contributed by atoms with van der Waals surface area (Å²) < 4.78 is 28.1. The van der Waals surface area contributed by atoms with Crippen LogP contribution in [0.4, 0.5) is 8.78 Å². The number of ketones is 1. The van der Waals surface area contributed by atoms with Crippen molar-refractivity contribution in [3.63, 3.8) is 0 Å². The van der Waals surface area contributed by atoms with E-state index in [1.54, 1.807) is 0 Å². The molecule has 0 unspecified atom stereocenters. The standard InChI is InChI=1S/C15H8Br2Cl2F2O/c16-5-7-1-3-9(20)11(13(7)18)15(22)12-10(21)4-2-8(6-17)14(12)19/h1-4H,5-6H2. The molecular weight excluding hydrogens is 465 g/mol. The van der Waals surface area contributed by atoms with Gasteiger partial charge in [0.1, 0.15) is 11.6 Å². The molecule has 0 radical (unpaired) electrons. The van der Waals surface area contributed by atoms with E-state index in [0.29, 0.717) is 21.8 Å². The van der Waals surface area contributed by atoms with E-state index in [4.69, 9.17) is 23.2 Å². The van der Waals surface area contributed by atoms with Gasteiger partial charge in [0.05, 0.1) is 21.2 Å². The third-order valence-corrected chi connectivity index (χ3v) is 5.16. The average molecular weight is 473 g/mol. The molecule has 22 heavy (non-hydrogen) atoms. The number of carbonyl (C=O) groups is 1. The first-order valence-electron chi connectivity index (χ1n) is 6.02. The van der Waals surface area contributed by atoms with E-state index in [1.807, 2.05) is 0 Å². The van der Waals surface area contributed by atoms with Crippen molar-refractivity contribution in [2.24, 2.45) is 0 Å². The highest BCUT2D eigenvalue weighted by Gasteiger charge is 2.25. The first kappa shape index (κ1) is 17.9. The van der Waals surface area contributed by atoms with Crippen molar-refractivity contribution >= 4 is 60.8 Å². The van der Waals surface area contributed by atoms with Gasteiger partial charge in [-0.25, -0.2) is 8.78 Å². The number of halogens is 6. The lowest BCUT2D eigenvalue weighted by atomic mass is 9.99. The quantitative estimate of drug-likeness (QED) is 0.377. The van der Waals surface area contributed by atoms with Crippen LogP contribution >= 0.6 is 55.1 Å². The summed E-state index contributed by atoms with van der Waals surface area (Å²) in [5.74, 6) is -2.52. The van der Waals surface area contributed by atoms with E-state index in [0.717, 1.165) is 12.1 Å². The first-order chi connectivity index (χ1) is 10.4. The van der Waals surface area contributed by atoms with Crippen molar-refractivity contribution in [1.82, 2.24) is 0 Å². The van der Waals surface area contributed by atoms with Crippen molar-refractivity contribution in [2.45, 2.75) is 10.7 Å². The Morgan fingerprint density at radius 3 is 1.55 bits per heavy atom. The largest absolute Gasteiger partial charge is 0.288 e. The summed E-state index contributed by atoms with van der Waals surface area (Å²) in [6, 6.07) is 5.15. The monoisotopic (exact) mass is 470 g/mol. The van der Waals surface area contributed by atoms with Gasteiger partial charge in [-0.05, 0) is 23.3 Å². The van der Waals surface area contributed by atoms with Crippen LogP contribution in [0.2, 0.25) is 10.0 Å². The maximum absolute atomic E-state index is 14.1. The Labute approximate surface area is 152 Å². The number of benzene rings is 2. The molecule has 0 aliphatic carbocycles. The minimum absolute atomic E-state index is 0.0541. The van der Waals surface area contributed by atoms with Gasteiger partial charge in [-0.2, -0.15) is 0 Å². The Bertz CT molecular complexity index is 689. The molecule has 2 aromatic rings. The predicted molar refractivity (Wildman–Crippen MR) is 91.5 cm³/mol. The highest BCUT2D eigenvalue weighted by Crippen LogP contribution is 2.32. The van der Waals surface area contributed by atoms with Crippen LogP contribution < -0.4 is 0 Å². The SMILES string of the molecule is O=C(c1c(F)ccc(CBr)c1Cl)c1c(F)ccc(CBr)c1Cl. The lowest BCUT2D eigenvalue weighted by Gasteiger charge is -2.12. The minimum atomic E-state index is -0.879. The van der Waals surface area contributed by atoms with Gasteiger partial charge >= 0.3 is 0 Å². The van der Waals surface area contributed by atoms with E-state index in [9.17, 15) is 13.6 Å². The molecule has 0 fully saturated rings. The third kappa shape index (κ3) is 3.23. The van der Waals surface area contributed by atoms with Crippen molar-refractivity contribution in [1.29, 1.82) is 0 Å². The molecule has 0 N–H and O–H groups in total. The Balaban J connectivity index is 2.69. The first-order valence-corrected chi connectivity index (χ1v) is 9.02. The molecule has 1 nitrogen and oxygen atoms in total. The smallest absolute Gasteiger partial charge is 0.201 e. The zero-order chi connectivity index (χ0) is 16.4. The summed E-state index contributed by atoms with van der Waals surface area (Å²) in [7, 11) is 0. The Morgan fingerprint density at radius 1 is 0.864 bits per heavy atom. The molecule has 0 saturated heterocycles. The van der Waals surface area contributed by atoms with Crippen LogP contribution in [0.25, 0.3) is 0 Å². The molecule has 0 atom stereocenters. The average Bonchev–Trinajstić information content (AvgIpc) is 2.48. The van der Waals surface area contributed by atoms with Crippen LogP contribution in [0.15, 0.2) is 24.3 Å². The summed E-state index contributed by atoms with van der Waals surface area (Å²) >= 11 is 18.5. The van der Waals surface area contributed by atoms with Crippen LogP contribution in [0.1, 0.15) is 27.0 Å². The molecule has 0 aliphatic heterocycles. The van der Waals surface area contributed by atoms with Gasteiger partial charge < -0.3 is 0 Å². The van der Waals surface area contributed by atoms with Crippen molar-refractivity contribution in [3.8, 4) is 0 Å². The van der Waals surface area contributed by atoms with Gasteiger partial charge in [-0.3, -0.25) is 4.79 Å². The van der Waals surface area contributed by atoms with E-state index in [-0.39, 0.29) is 21.2 Å². The molecule has 0 spiro atoms. The molecule has 116 valence electrons. The van der Waals surface area contributed by atoms with E-state index in [1.165, 1.54) is 12.1 Å². The fraction of sp³-hybridized carbons (Fsp3) is 0.133. The number of rotatable bonds is 4. The summed E-state index contributed by atoms with van der Waals surface area (Å²) in [4.78, 5) is 12.6. The van der Waals surface area contributed by atoms with Crippen LogP contribution in [0, 0.1) is 11.6 Å². The molecular formula is C15H8Br2Cl2F2O. The minimum Gasteiger partial charge on any atom is -0.288 e. The molecule has 2 rings (SSSR count). The topological polar surface area (TPSA) is 17.1 Å². The van der Waals surface area contributed by atoms with Crippen molar-refractivity contribution in [3.05, 3.63) is 68.2 Å². The van der Waals surface area contributed by atoms with Gasteiger partial charge in [0.2, 0.25) is 5.78 Å². The van der Waals surface area contributed by atoms with Crippen molar-refractivity contribution < 1.29 is 13.6 Å². The zero-order valence-corrected chi connectivity index (χ0v) is 15.6.